The predicted octanol–water partition coefficient (Wildman–Crippen LogP) is 4.22. The highest BCUT2D eigenvalue weighted by atomic mass is 35.5. The summed E-state index contributed by atoms with van der Waals surface area (Å²) in [6.45, 7) is 6.06. The minimum atomic E-state index is 0.719. The van der Waals surface area contributed by atoms with E-state index in [4.69, 9.17) is 11.6 Å². The molecular formula is C12H14ClN. The van der Waals surface area contributed by atoms with Crippen LogP contribution in [0.4, 0.5) is 0 Å². The first-order valence-corrected chi connectivity index (χ1v) is 5.16. The lowest BCUT2D eigenvalue weighted by molar-refractivity contribution is 1.37. The molecule has 0 N–H and O–H groups in total. The second-order valence-electron chi connectivity index (χ2n) is 2.76. The van der Waals surface area contributed by atoms with Gasteiger partial charge in [0.1, 0.15) is 0 Å². The van der Waals surface area contributed by atoms with Gasteiger partial charge in [-0.25, -0.2) is 0 Å². The Hall–Kier alpha value is -1.08. The molecule has 2 rings (SSSR count). The van der Waals surface area contributed by atoms with Crippen molar-refractivity contribution < 1.29 is 0 Å². The summed E-state index contributed by atoms with van der Waals surface area (Å²) in [6, 6.07) is 7.82. The number of pyridine rings is 1. The van der Waals surface area contributed by atoms with E-state index >= 15 is 0 Å². The van der Waals surface area contributed by atoms with Gasteiger partial charge in [-0.1, -0.05) is 37.6 Å². The molecule has 0 saturated heterocycles. The predicted molar refractivity (Wildman–Crippen MR) is 62.8 cm³/mol. The summed E-state index contributed by atoms with van der Waals surface area (Å²) in [5.41, 5.74) is 2.10. The van der Waals surface area contributed by atoms with Crippen LogP contribution in [-0.2, 0) is 0 Å². The molecule has 2 aromatic rings. The van der Waals surface area contributed by atoms with Crippen LogP contribution in [-0.4, -0.2) is 4.98 Å². The lowest BCUT2D eigenvalue weighted by Crippen LogP contribution is -1.82. The number of benzene rings is 1. The van der Waals surface area contributed by atoms with Crippen molar-refractivity contribution in [3.63, 3.8) is 0 Å². The number of nitrogens with zero attached hydrogens (tertiary/aromatic N) is 1. The SMILES string of the molecule is CC.Cc1ccnc2c(Cl)cccc12. The average molecular weight is 208 g/mol. The molecule has 1 aromatic heterocycles. The standard InChI is InChI=1S/C10H8ClN.C2H6/c1-7-5-6-12-10-8(7)3-2-4-9(10)11;1-2/h2-6H,1H3;1-2H3. The molecule has 14 heavy (non-hydrogen) atoms. The van der Waals surface area contributed by atoms with Gasteiger partial charge in [0.2, 0.25) is 0 Å². The highest BCUT2D eigenvalue weighted by Crippen LogP contribution is 2.22. The third kappa shape index (κ3) is 2.05. The molecule has 0 aliphatic heterocycles. The molecule has 74 valence electrons. The van der Waals surface area contributed by atoms with Crippen molar-refractivity contribution in [2.24, 2.45) is 0 Å². The molecule has 0 aliphatic carbocycles. The fourth-order valence-corrected chi connectivity index (χ4v) is 1.50. The van der Waals surface area contributed by atoms with E-state index in [0.29, 0.717) is 0 Å². The van der Waals surface area contributed by atoms with Crippen molar-refractivity contribution in [3.05, 3.63) is 41.0 Å². The molecule has 0 fully saturated rings. The monoisotopic (exact) mass is 207 g/mol. The van der Waals surface area contributed by atoms with Gasteiger partial charge in [-0.3, -0.25) is 4.98 Å². The van der Waals surface area contributed by atoms with Gasteiger partial charge in [0.15, 0.2) is 0 Å². The molecule has 0 radical (unpaired) electrons. The van der Waals surface area contributed by atoms with E-state index in [1.54, 1.807) is 6.20 Å². The van der Waals surface area contributed by atoms with Gasteiger partial charge in [-0.2, -0.15) is 0 Å². The van der Waals surface area contributed by atoms with Gasteiger partial charge in [-0.05, 0) is 24.6 Å². The van der Waals surface area contributed by atoms with Crippen LogP contribution in [0.2, 0.25) is 5.02 Å². The van der Waals surface area contributed by atoms with Crippen LogP contribution >= 0.6 is 11.6 Å². The van der Waals surface area contributed by atoms with Gasteiger partial charge in [0.25, 0.3) is 0 Å². The van der Waals surface area contributed by atoms with Crippen molar-refractivity contribution in [1.29, 1.82) is 0 Å². The zero-order valence-corrected chi connectivity index (χ0v) is 9.47. The van der Waals surface area contributed by atoms with E-state index < -0.39 is 0 Å². The van der Waals surface area contributed by atoms with Crippen molar-refractivity contribution in [1.82, 2.24) is 4.98 Å². The maximum Gasteiger partial charge on any atom is 0.0890 e. The maximum absolute atomic E-state index is 5.97. The zero-order valence-electron chi connectivity index (χ0n) is 8.71. The number of rotatable bonds is 0. The Labute approximate surface area is 89.7 Å². The third-order valence-corrected chi connectivity index (χ3v) is 2.24. The highest BCUT2D eigenvalue weighted by Gasteiger charge is 1.99. The summed E-state index contributed by atoms with van der Waals surface area (Å²) in [5, 5.41) is 1.85. The Morgan fingerprint density at radius 2 is 1.86 bits per heavy atom. The van der Waals surface area contributed by atoms with E-state index in [2.05, 4.69) is 11.9 Å². The molecule has 1 heterocycles. The maximum atomic E-state index is 5.97. The number of hydrogen-bond acceptors (Lipinski definition) is 1. The fraction of sp³-hybridized carbons (Fsp3) is 0.250. The lowest BCUT2D eigenvalue weighted by Gasteiger charge is -2.00. The second kappa shape index (κ2) is 4.97. The number of hydrogen-bond donors (Lipinski definition) is 0. The van der Waals surface area contributed by atoms with Gasteiger partial charge in [0.05, 0.1) is 10.5 Å². The van der Waals surface area contributed by atoms with Gasteiger partial charge in [-0.15, -0.1) is 0 Å². The van der Waals surface area contributed by atoms with Crippen molar-refractivity contribution in [2.75, 3.05) is 0 Å². The highest BCUT2D eigenvalue weighted by molar-refractivity contribution is 6.35. The van der Waals surface area contributed by atoms with Crippen LogP contribution < -0.4 is 0 Å². The Morgan fingerprint density at radius 3 is 2.50 bits per heavy atom. The molecule has 1 nitrogen and oxygen atoms in total. The molecular weight excluding hydrogens is 194 g/mol. The summed E-state index contributed by atoms with van der Waals surface area (Å²) < 4.78 is 0. The largest absolute Gasteiger partial charge is 0.255 e. The first-order valence-electron chi connectivity index (χ1n) is 4.79. The third-order valence-electron chi connectivity index (χ3n) is 1.94. The Balaban J connectivity index is 0.000000461. The molecule has 0 amide bonds. The van der Waals surface area contributed by atoms with E-state index in [0.717, 1.165) is 15.9 Å². The minimum absolute atomic E-state index is 0.719. The molecule has 0 aliphatic rings. The number of fused-ring (bicyclic) bond motifs is 1. The number of aryl methyl sites for hydroxylation is 1. The number of aromatic nitrogens is 1. The summed E-state index contributed by atoms with van der Waals surface area (Å²) in [5.74, 6) is 0. The quantitative estimate of drug-likeness (QED) is 0.630. The van der Waals surface area contributed by atoms with E-state index in [-0.39, 0.29) is 0 Å². The second-order valence-corrected chi connectivity index (χ2v) is 3.17. The Bertz CT molecular complexity index is 382. The molecule has 0 saturated carbocycles. The van der Waals surface area contributed by atoms with Gasteiger partial charge < -0.3 is 0 Å². The van der Waals surface area contributed by atoms with Crippen LogP contribution in [0.15, 0.2) is 30.5 Å². The molecule has 0 spiro atoms. The summed E-state index contributed by atoms with van der Waals surface area (Å²) >= 11 is 5.97. The normalized spacial score (nSPS) is 9.43. The van der Waals surface area contributed by atoms with Crippen LogP contribution in [0.1, 0.15) is 19.4 Å². The molecule has 1 aromatic carbocycles. The van der Waals surface area contributed by atoms with Crippen molar-refractivity contribution >= 4 is 22.5 Å². The van der Waals surface area contributed by atoms with Gasteiger partial charge >= 0.3 is 0 Å². The summed E-state index contributed by atoms with van der Waals surface area (Å²) in [7, 11) is 0. The summed E-state index contributed by atoms with van der Waals surface area (Å²) in [4.78, 5) is 4.21. The van der Waals surface area contributed by atoms with E-state index in [1.807, 2.05) is 38.1 Å². The first-order chi connectivity index (χ1) is 6.79. The summed E-state index contributed by atoms with van der Waals surface area (Å²) in [6.07, 6.45) is 1.78. The Morgan fingerprint density at radius 1 is 1.14 bits per heavy atom. The average Bonchev–Trinajstić information content (AvgIpc) is 2.23. The fourth-order valence-electron chi connectivity index (χ4n) is 1.28. The lowest BCUT2D eigenvalue weighted by atomic mass is 10.1. The smallest absolute Gasteiger partial charge is 0.0890 e. The number of para-hydroxylation sites is 1. The topological polar surface area (TPSA) is 12.9 Å². The minimum Gasteiger partial charge on any atom is -0.255 e. The van der Waals surface area contributed by atoms with Crippen molar-refractivity contribution in [2.45, 2.75) is 20.8 Å². The number of halogens is 1. The van der Waals surface area contributed by atoms with E-state index in [9.17, 15) is 0 Å². The first kappa shape index (κ1) is 11.0. The van der Waals surface area contributed by atoms with E-state index in [1.165, 1.54) is 5.56 Å². The van der Waals surface area contributed by atoms with Crippen LogP contribution in [0, 0.1) is 6.92 Å². The molecule has 0 bridgehead atoms. The zero-order chi connectivity index (χ0) is 10.6. The Kier molecular flexibility index (Phi) is 3.90. The molecule has 0 atom stereocenters. The van der Waals surface area contributed by atoms with Crippen LogP contribution in [0.25, 0.3) is 10.9 Å². The molecule has 0 unspecified atom stereocenters. The van der Waals surface area contributed by atoms with Crippen LogP contribution in [0.3, 0.4) is 0 Å². The van der Waals surface area contributed by atoms with Gasteiger partial charge in [0, 0.05) is 11.6 Å². The van der Waals surface area contributed by atoms with Crippen molar-refractivity contribution in [3.8, 4) is 0 Å². The van der Waals surface area contributed by atoms with Crippen LogP contribution in [0.5, 0.6) is 0 Å². The molecule has 2 heteroatoms.